The maximum Gasteiger partial charge on any atom is 0.253 e. The molecule has 1 heterocycles. The van der Waals surface area contributed by atoms with E-state index in [1.807, 2.05) is 6.92 Å². The Kier molecular flexibility index (Phi) is 3.83. The minimum Gasteiger partial charge on any atom is -0.340 e. The van der Waals surface area contributed by atoms with Crippen LogP contribution in [0.2, 0.25) is 0 Å². The van der Waals surface area contributed by atoms with Gasteiger partial charge in [-0.1, -0.05) is 19.9 Å². The highest BCUT2D eigenvalue weighted by molar-refractivity contribution is 6.06. The van der Waals surface area contributed by atoms with Gasteiger partial charge in [-0.15, -0.1) is 0 Å². The smallest absolute Gasteiger partial charge is 0.253 e. The molecule has 4 nitrogen and oxygen atoms in total. The molecule has 1 aliphatic heterocycles. The van der Waals surface area contributed by atoms with Gasteiger partial charge in [-0.2, -0.15) is 0 Å². The predicted molar refractivity (Wildman–Crippen MR) is 72.3 cm³/mol. The summed E-state index contributed by atoms with van der Waals surface area (Å²) in [4.78, 5) is 16.2. The van der Waals surface area contributed by atoms with Crippen molar-refractivity contribution in [3.8, 4) is 0 Å². The van der Waals surface area contributed by atoms with Crippen LogP contribution < -0.4 is 10.6 Å². The van der Waals surface area contributed by atoms with Gasteiger partial charge in [-0.05, 0) is 36.1 Å². The number of aryl methyl sites for hydroxylation is 1. The molecule has 5 heteroatoms. The SMILES string of the molecule is Cc1ccc(F)cc1C1NC(=NCC(C)C)NC1=O. The van der Waals surface area contributed by atoms with Crippen LogP contribution in [0.4, 0.5) is 4.39 Å². The van der Waals surface area contributed by atoms with Crippen LogP contribution in [0, 0.1) is 18.7 Å². The Morgan fingerprint density at radius 2 is 2.16 bits per heavy atom. The number of hydrogen-bond donors (Lipinski definition) is 2. The number of rotatable bonds is 3. The van der Waals surface area contributed by atoms with Gasteiger partial charge < -0.3 is 5.32 Å². The van der Waals surface area contributed by atoms with Crippen molar-refractivity contribution >= 4 is 11.9 Å². The molecule has 1 unspecified atom stereocenters. The highest BCUT2D eigenvalue weighted by Gasteiger charge is 2.30. The van der Waals surface area contributed by atoms with E-state index in [0.717, 1.165) is 5.56 Å². The molecule has 0 aromatic heterocycles. The van der Waals surface area contributed by atoms with Gasteiger partial charge in [0.1, 0.15) is 11.9 Å². The summed E-state index contributed by atoms with van der Waals surface area (Å²) >= 11 is 0. The fourth-order valence-electron chi connectivity index (χ4n) is 1.93. The number of nitrogens with one attached hydrogen (secondary N) is 2. The zero-order chi connectivity index (χ0) is 14.0. The van der Waals surface area contributed by atoms with Gasteiger partial charge in [0, 0.05) is 6.54 Å². The van der Waals surface area contributed by atoms with E-state index in [9.17, 15) is 9.18 Å². The Morgan fingerprint density at radius 1 is 1.42 bits per heavy atom. The van der Waals surface area contributed by atoms with Crippen LogP contribution in [0.5, 0.6) is 0 Å². The van der Waals surface area contributed by atoms with Crippen molar-refractivity contribution in [1.29, 1.82) is 0 Å². The van der Waals surface area contributed by atoms with Crippen molar-refractivity contribution in [2.45, 2.75) is 26.8 Å². The number of amides is 1. The first-order chi connectivity index (χ1) is 8.97. The quantitative estimate of drug-likeness (QED) is 0.875. The Bertz CT molecular complexity index is 525. The number of carbonyl (C=O) groups is 1. The lowest BCUT2D eigenvalue weighted by Crippen LogP contribution is -2.26. The lowest BCUT2D eigenvalue weighted by Gasteiger charge is -2.11. The van der Waals surface area contributed by atoms with E-state index in [4.69, 9.17) is 0 Å². The molecule has 1 amide bonds. The largest absolute Gasteiger partial charge is 0.340 e. The van der Waals surface area contributed by atoms with E-state index in [-0.39, 0.29) is 11.7 Å². The fourth-order valence-corrected chi connectivity index (χ4v) is 1.93. The number of hydrogen-bond acceptors (Lipinski definition) is 2. The van der Waals surface area contributed by atoms with E-state index >= 15 is 0 Å². The van der Waals surface area contributed by atoms with Crippen molar-refractivity contribution in [1.82, 2.24) is 10.6 Å². The minimum atomic E-state index is -0.568. The van der Waals surface area contributed by atoms with Gasteiger partial charge in [0.2, 0.25) is 0 Å². The molecule has 0 saturated carbocycles. The molecule has 1 aliphatic rings. The first-order valence-electron chi connectivity index (χ1n) is 6.35. The van der Waals surface area contributed by atoms with Crippen LogP contribution in [-0.4, -0.2) is 18.4 Å². The molecular weight excluding hydrogens is 245 g/mol. The average molecular weight is 263 g/mol. The van der Waals surface area contributed by atoms with Crippen molar-refractivity contribution in [3.63, 3.8) is 0 Å². The van der Waals surface area contributed by atoms with E-state index < -0.39 is 6.04 Å². The highest BCUT2D eigenvalue weighted by Crippen LogP contribution is 2.21. The summed E-state index contributed by atoms with van der Waals surface area (Å²) < 4.78 is 13.3. The second kappa shape index (κ2) is 5.38. The maximum absolute atomic E-state index is 13.3. The molecule has 1 aromatic rings. The van der Waals surface area contributed by atoms with Gasteiger partial charge in [0.15, 0.2) is 5.96 Å². The molecule has 2 rings (SSSR count). The molecule has 102 valence electrons. The first-order valence-corrected chi connectivity index (χ1v) is 6.35. The third kappa shape index (κ3) is 3.10. The average Bonchev–Trinajstić information content (AvgIpc) is 2.71. The third-order valence-electron chi connectivity index (χ3n) is 2.95. The molecule has 19 heavy (non-hydrogen) atoms. The van der Waals surface area contributed by atoms with Crippen molar-refractivity contribution < 1.29 is 9.18 Å². The zero-order valence-electron chi connectivity index (χ0n) is 11.3. The van der Waals surface area contributed by atoms with Gasteiger partial charge in [0.05, 0.1) is 0 Å². The van der Waals surface area contributed by atoms with Gasteiger partial charge in [-0.25, -0.2) is 4.39 Å². The Morgan fingerprint density at radius 3 is 2.84 bits per heavy atom. The number of aliphatic imine (C=N–C) groups is 1. The monoisotopic (exact) mass is 263 g/mol. The van der Waals surface area contributed by atoms with Crippen LogP contribution in [0.3, 0.4) is 0 Å². The summed E-state index contributed by atoms with van der Waals surface area (Å²) in [6, 6.07) is 3.88. The molecule has 0 bridgehead atoms. The standard InChI is InChI=1S/C14H18FN3O/c1-8(2)7-16-14-17-12(13(19)18-14)11-6-10(15)5-4-9(11)3/h4-6,8,12H,7H2,1-3H3,(H2,16,17,18,19). The number of benzene rings is 1. The summed E-state index contributed by atoms with van der Waals surface area (Å²) in [5, 5.41) is 5.69. The predicted octanol–water partition coefficient (Wildman–Crippen LogP) is 1.91. The van der Waals surface area contributed by atoms with Crippen LogP contribution in [0.15, 0.2) is 23.2 Å². The summed E-state index contributed by atoms with van der Waals surface area (Å²) in [5.74, 6) is 0.340. The van der Waals surface area contributed by atoms with Gasteiger partial charge in [-0.3, -0.25) is 15.1 Å². The fraction of sp³-hybridized carbons (Fsp3) is 0.429. The van der Waals surface area contributed by atoms with Crippen molar-refractivity contribution in [3.05, 3.63) is 35.1 Å². The van der Waals surface area contributed by atoms with E-state index in [0.29, 0.717) is 24.0 Å². The molecule has 1 saturated heterocycles. The summed E-state index contributed by atoms with van der Waals surface area (Å²) in [6.45, 7) is 6.59. The topological polar surface area (TPSA) is 53.5 Å². The number of nitrogens with zero attached hydrogens (tertiary/aromatic N) is 1. The molecule has 0 aliphatic carbocycles. The normalized spacial score (nSPS) is 20.8. The van der Waals surface area contributed by atoms with Gasteiger partial charge in [0.25, 0.3) is 5.91 Å². The summed E-state index contributed by atoms with van der Waals surface area (Å²) in [6.07, 6.45) is 0. The van der Waals surface area contributed by atoms with E-state index in [1.54, 1.807) is 6.07 Å². The number of halogens is 1. The van der Waals surface area contributed by atoms with Crippen LogP contribution in [0.1, 0.15) is 31.0 Å². The van der Waals surface area contributed by atoms with Crippen molar-refractivity contribution in [2.24, 2.45) is 10.9 Å². The zero-order valence-corrected chi connectivity index (χ0v) is 11.3. The van der Waals surface area contributed by atoms with Crippen LogP contribution >= 0.6 is 0 Å². The van der Waals surface area contributed by atoms with E-state index in [1.165, 1.54) is 12.1 Å². The van der Waals surface area contributed by atoms with Crippen LogP contribution in [0.25, 0.3) is 0 Å². The molecule has 2 N–H and O–H groups in total. The first kappa shape index (κ1) is 13.5. The second-order valence-electron chi connectivity index (χ2n) is 5.15. The summed E-state index contributed by atoms with van der Waals surface area (Å²) in [5.41, 5.74) is 1.52. The lowest BCUT2D eigenvalue weighted by atomic mass is 10.0. The number of guanidine groups is 1. The minimum absolute atomic E-state index is 0.198. The second-order valence-corrected chi connectivity index (χ2v) is 5.15. The molecule has 0 radical (unpaired) electrons. The Hall–Kier alpha value is -1.91. The van der Waals surface area contributed by atoms with Crippen LogP contribution in [-0.2, 0) is 4.79 Å². The Balaban J connectivity index is 2.20. The number of carbonyl (C=O) groups excluding carboxylic acids is 1. The molecular formula is C14H18FN3O. The maximum atomic E-state index is 13.3. The summed E-state index contributed by atoms with van der Waals surface area (Å²) in [7, 11) is 0. The van der Waals surface area contributed by atoms with E-state index in [2.05, 4.69) is 29.5 Å². The molecule has 1 aromatic carbocycles. The van der Waals surface area contributed by atoms with Gasteiger partial charge >= 0.3 is 0 Å². The Labute approximate surface area is 112 Å². The lowest BCUT2D eigenvalue weighted by molar-refractivity contribution is -0.120. The highest BCUT2D eigenvalue weighted by atomic mass is 19.1. The molecule has 0 spiro atoms. The third-order valence-corrected chi connectivity index (χ3v) is 2.95. The molecule has 1 atom stereocenters. The van der Waals surface area contributed by atoms with Crippen molar-refractivity contribution in [2.75, 3.05) is 6.54 Å². The molecule has 1 fully saturated rings.